The predicted molar refractivity (Wildman–Crippen MR) is 101 cm³/mol. The maximum absolute atomic E-state index is 12.5. The lowest BCUT2D eigenvalue weighted by atomic mass is 10.0. The molecule has 2 heterocycles. The fourth-order valence-electron chi connectivity index (χ4n) is 2.94. The van der Waals surface area contributed by atoms with Crippen molar-refractivity contribution >= 4 is 22.5 Å². The number of methoxy groups -OCH3 is 1. The van der Waals surface area contributed by atoms with Crippen LogP contribution in [0.2, 0.25) is 0 Å². The van der Waals surface area contributed by atoms with Gasteiger partial charge in [0.1, 0.15) is 22.5 Å². The third-order valence-electron chi connectivity index (χ3n) is 4.14. The summed E-state index contributed by atoms with van der Waals surface area (Å²) in [6.45, 7) is 1.72. The van der Waals surface area contributed by atoms with Gasteiger partial charge < -0.3 is 18.9 Å². The van der Waals surface area contributed by atoms with Gasteiger partial charge in [-0.3, -0.25) is 0 Å². The van der Waals surface area contributed by atoms with Crippen molar-refractivity contribution in [2.45, 2.75) is 6.92 Å². The largest absolute Gasteiger partial charge is 0.497 e. The first-order valence-corrected chi connectivity index (χ1v) is 8.19. The molecule has 4 rings (SSSR count). The minimum absolute atomic E-state index is 0.416. The van der Waals surface area contributed by atoms with Crippen molar-refractivity contribution in [3.05, 3.63) is 76.8 Å². The Morgan fingerprint density at radius 1 is 0.962 bits per heavy atom. The smallest absolute Gasteiger partial charge is 0.347 e. The van der Waals surface area contributed by atoms with E-state index in [0.717, 1.165) is 17.0 Å². The highest BCUT2D eigenvalue weighted by atomic mass is 16.5. The minimum atomic E-state index is -0.421. The number of ether oxygens (including phenoxy) is 1. The van der Waals surface area contributed by atoms with E-state index in [-0.39, 0.29) is 0 Å². The van der Waals surface area contributed by atoms with E-state index in [1.165, 1.54) is 0 Å². The monoisotopic (exact) mass is 347 g/mol. The maximum Gasteiger partial charge on any atom is 0.347 e. The quantitative estimate of drug-likeness (QED) is 0.555. The lowest BCUT2D eigenvalue weighted by Crippen LogP contribution is -2.00. The van der Waals surface area contributed by atoms with Crippen LogP contribution in [-0.2, 0) is 0 Å². The molecule has 26 heavy (non-hydrogen) atoms. The van der Waals surface area contributed by atoms with Crippen LogP contribution in [0, 0.1) is 6.92 Å². The van der Waals surface area contributed by atoms with Crippen LogP contribution in [0.4, 0.5) is 11.6 Å². The fraction of sp³-hybridized carbons (Fsp3) is 0.0952. The summed E-state index contributed by atoms with van der Waals surface area (Å²) in [7, 11) is 1.61. The van der Waals surface area contributed by atoms with Gasteiger partial charge in [0, 0.05) is 11.8 Å². The number of fused-ring (bicyclic) bond motifs is 1. The van der Waals surface area contributed by atoms with Crippen molar-refractivity contribution in [3.8, 4) is 16.9 Å². The molecule has 0 spiro atoms. The zero-order valence-electron chi connectivity index (χ0n) is 14.4. The van der Waals surface area contributed by atoms with Gasteiger partial charge in [-0.05, 0) is 36.8 Å². The molecule has 2 aromatic heterocycles. The second-order valence-corrected chi connectivity index (χ2v) is 5.91. The normalized spacial score (nSPS) is 10.8. The number of furan rings is 1. The van der Waals surface area contributed by atoms with Crippen LogP contribution in [0.1, 0.15) is 5.76 Å². The minimum Gasteiger partial charge on any atom is -0.497 e. The van der Waals surface area contributed by atoms with Crippen LogP contribution < -0.4 is 15.7 Å². The molecule has 5 heteroatoms. The Balaban J connectivity index is 1.94. The SMILES string of the molecule is COc1ccc(-c2c(Nc3ccccc3)oc3cc(C)oc(=O)c23)cc1. The van der Waals surface area contributed by atoms with Gasteiger partial charge in [-0.2, -0.15) is 0 Å². The van der Waals surface area contributed by atoms with Gasteiger partial charge in [0.15, 0.2) is 0 Å². The number of benzene rings is 2. The van der Waals surface area contributed by atoms with E-state index in [1.807, 2.05) is 54.6 Å². The average Bonchev–Trinajstić information content (AvgIpc) is 3.00. The Labute approximate surface area is 149 Å². The molecular formula is C21H17NO4. The summed E-state index contributed by atoms with van der Waals surface area (Å²) in [5.41, 5.74) is 2.43. The zero-order valence-corrected chi connectivity index (χ0v) is 14.4. The molecule has 0 aliphatic carbocycles. The number of rotatable bonds is 4. The zero-order chi connectivity index (χ0) is 18.1. The molecule has 0 bridgehead atoms. The van der Waals surface area contributed by atoms with Crippen LogP contribution in [0.25, 0.3) is 22.1 Å². The number of hydrogen-bond donors (Lipinski definition) is 1. The van der Waals surface area contributed by atoms with Crippen LogP contribution >= 0.6 is 0 Å². The van der Waals surface area contributed by atoms with Crippen LogP contribution in [0.5, 0.6) is 5.75 Å². The van der Waals surface area contributed by atoms with Gasteiger partial charge >= 0.3 is 5.63 Å². The van der Waals surface area contributed by atoms with Crippen molar-refractivity contribution in [2.75, 3.05) is 12.4 Å². The number of nitrogens with one attached hydrogen (secondary N) is 1. The molecule has 0 amide bonds. The van der Waals surface area contributed by atoms with E-state index in [2.05, 4.69) is 5.32 Å². The molecule has 0 unspecified atom stereocenters. The first-order chi connectivity index (χ1) is 12.7. The molecule has 1 N–H and O–H groups in total. The van der Waals surface area contributed by atoms with E-state index in [0.29, 0.717) is 28.2 Å². The highest BCUT2D eigenvalue weighted by Crippen LogP contribution is 2.39. The third-order valence-corrected chi connectivity index (χ3v) is 4.14. The Morgan fingerprint density at radius 3 is 2.38 bits per heavy atom. The lowest BCUT2D eigenvalue weighted by Gasteiger charge is -2.07. The Bertz CT molecular complexity index is 1110. The molecule has 0 aliphatic heterocycles. The highest BCUT2D eigenvalue weighted by Gasteiger charge is 2.20. The van der Waals surface area contributed by atoms with Gasteiger partial charge in [0.05, 0.1) is 12.7 Å². The van der Waals surface area contributed by atoms with Crippen molar-refractivity contribution in [3.63, 3.8) is 0 Å². The summed E-state index contributed by atoms with van der Waals surface area (Å²) < 4.78 is 16.5. The van der Waals surface area contributed by atoms with Crippen molar-refractivity contribution in [2.24, 2.45) is 0 Å². The second-order valence-electron chi connectivity index (χ2n) is 5.91. The van der Waals surface area contributed by atoms with Gasteiger partial charge in [0.25, 0.3) is 0 Å². The van der Waals surface area contributed by atoms with E-state index < -0.39 is 5.63 Å². The lowest BCUT2D eigenvalue weighted by molar-refractivity contribution is 0.415. The molecule has 2 aromatic carbocycles. The Morgan fingerprint density at radius 2 is 1.69 bits per heavy atom. The molecule has 0 saturated carbocycles. The third kappa shape index (κ3) is 2.84. The van der Waals surface area contributed by atoms with Gasteiger partial charge in [0.2, 0.25) is 5.88 Å². The van der Waals surface area contributed by atoms with Gasteiger partial charge in [-0.25, -0.2) is 4.79 Å². The van der Waals surface area contributed by atoms with E-state index in [4.69, 9.17) is 13.6 Å². The predicted octanol–water partition coefficient (Wildman–Crippen LogP) is 5.11. The summed E-state index contributed by atoms with van der Waals surface area (Å²) in [6, 6.07) is 18.8. The van der Waals surface area contributed by atoms with Crippen LogP contribution in [0.3, 0.4) is 0 Å². The van der Waals surface area contributed by atoms with Crippen molar-refractivity contribution < 1.29 is 13.6 Å². The van der Waals surface area contributed by atoms with Crippen LogP contribution in [0.15, 0.2) is 74.3 Å². The summed E-state index contributed by atoms with van der Waals surface area (Å²) >= 11 is 0. The number of aryl methyl sites for hydroxylation is 1. The average molecular weight is 347 g/mol. The molecular weight excluding hydrogens is 330 g/mol. The molecule has 0 fully saturated rings. The van der Waals surface area contributed by atoms with E-state index in [9.17, 15) is 4.79 Å². The van der Waals surface area contributed by atoms with Crippen molar-refractivity contribution in [1.82, 2.24) is 0 Å². The molecule has 4 aromatic rings. The summed E-state index contributed by atoms with van der Waals surface area (Å²) in [5, 5.41) is 3.67. The summed E-state index contributed by atoms with van der Waals surface area (Å²) in [6.07, 6.45) is 0. The number of para-hydroxylation sites is 1. The molecule has 0 aliphatic rings. The summed E-state index contributed by atoms with van der Waals surface area (Å²) in [4.78, 5) is 12.5. The van der Waals surface area contributed by atoms with E-state index in [1.54, 1.807) is 20.1 Å². The molecule has 0 radical (unpaired) electrons. The molecule has 5 nitrogen and oxygen atoms in total. The first kappa shape index (κ1) is 16.0. The standard InChI is InChI=1S/C21H17NO4/c1-13-12-17-19(21(23)25-13)18(14-8-10-16(24-2)11-9-14)20(26-17)22-15-6-4-3-5-7-15/h3-12,22H,1-2H3. The molecule has 130 valence electrons. The topological polar surface area (TPSA) is 64.6 Å². The van der Waals surface area contributed by atoms with Crippen LogP contribution in [-0.4, -0.2) is 7.11 Å². The molecule has 0 atom stereocenters. The second kappa shape index (κ2) is 6.44. The number of hydrogen-bond acceptors (Lipinski definition) is 5. The van der Waals surface area contributed by atoms with Crippen molar-refractivity contribution in [1.29, 1.82) is 0 Å². The highest BCUT2D eigenvalue weighted by molar-refractivity contribution is 6.00. The Hall–Kier alpha value is -3.47. The van der Waals surface area contributed by atoms with Gasteiger partial charge in [-0.1, -0.05) is 30.3 Å². The van der Waals surface area contributed by atoms with Gasteiger partial charge in [-0.15, -0.1) is 0 Å². The van der Waals surface area contributed by atoms with E-state index >= 15 is 0 Å². The molecule has 0 saturated heterocycles. The Kier molecular flexibility index (Phi) is 3.97. The first-order valence-electron chi connectivity index (χ1n) is 8.19. The maximum atomic E-state index is 12.5. The number of anilines is 2. The fourth-order valence-corrected chi connectivity index (χ4v) is 2.94. The summed E-state index contributed by atoms with van der Waals surface area (Å²) in [5.74, 6) is 1.74.